The number of benzene rings is 2. The minimum Gasteiger partial charge on any atom is -0.350 e. The number of hydrogen-bond donors (Lipinski definition) is 2. The summed E-state index contributed by atoms with van der Waals surface area (Å²) in [5.74, 6) is -0.679. The first-order valence-electron chi connectivity index (χ1n) is 8.29. The van der Waals surface area contributed by atoms with Gasteiger partial charge in [0.2, 0.25) is 5.91 Å². The summed E-state index contributed by atoms with van der Waals surface area (Å²) in [5, 5.41) is 5.33. The van der Waals surface area contributed by atoms with Crippen LogP contribution in [0.25, 0.3) is 0 Å². The molecule has 0 saturated heterocycles. The van der Waals surface area contributed by atoms with Crippen molar-refractivity contribution in [2.24, 2.45) is 0 Å². The molecule has 0 atom stereocenters. The fourth-order valence-corrected chi connectivity index (χ4v) is 2.38. The van der Waals surface area contributed by atoms with Crippen LogP contribution in [0.1, 0.15) is 31.8 Å². The Bertz CT molecular complexity index is 815. The molecule has 2 aromatic rings. The molecule has 136 valence electrons. The Hall–Kier alpha value is -3.15. The van der Waals surface area contributed by atoms with Crippen LogP contribution >= 0.6 is 0 Å². The van der Waals surface area contributed by atoms with Gasteiger partial charge in [-0.3, -0.25) is 14.4 Å². The monoisotopic (exact) mass is 353 g/mol. The van der Waals surface area contributed by atoms with E-state index < -0.39 is 0 Å². The molecule has 26 heavy (non-hydrogen) atoms. The van der Waals surface area contributed by atoms with Crippen molar-refractivity contribution in [3.8, 4) is 0 Å². The molecule has 0 aliphatic heterocycles. The van der Waals surface area contributed by atoms with Gasteiger partial charge >= 0.3 is 0 Å². The highest BCUT2D eigenvalue weighted by atomic mass is 16.2. The first kappa shape index (κ1) is 19.2. The highest BCUT2D eigenvalue weighted by molar-refractivity contribution is 5.96. The zero-order valence-electron chi connectivity index (χ0n) is 15.2. The smallest absolute Gasteiger partial charge is 0.253 e. The molecule has 0 unspecified atom stereocenters. The van der Waals surface area contributed by atoms with Crippen molar-refractivity contribution < 1.29 is 14.4 Å². The van der Waals surface area contributed by atoms with Crippen LogP contribution in [0.4, 0.5) is 0 Å². The molecule has 0 radical (unpaired) electrons. The second-order valence-corrected chi connectivity index (χ2v) is 6.23. The molecule has 0 aliphatic carbocycles. The van der Waals surface area contributed by atoms with Crippen LogP contribution in [0.15, 0.2) is 48.5 Å². The second-order valence-electron chi connectivity index (χ2n) is 6.23. The van der Waals surface area contributed by atoms with Crippen molar-refractivity contribution in [3.63, 3.8) is 0 Å². The molecule has 6 heteroatoms. The van der Waals surface area contributed by atoms with E-state index in [9.17, 15) is 14.4 Å². The third-order valence-electron chi connectivity index (χ3n) is 3.76. The fourth-order valence-electron chi connectivity index (χ4n) is 2.38. The lowest BCUT2D eigenvalue weighted by Crippen LogP contribution is -2.36. The number of nitrogens with zero attached hydrogens (tertiary/aromatic N) is 1. The maximum atomic E-state index is 12.0. The summed E-state index contributed by atoms with van der Waals surface area (Å²) in [6.45, 7) is 2.08. The summed E-state index contributed by atoms with van der Waals surface area (Å²) in [6, 6.07) is 14.2. The normalized spacial score (nSPS) is 10.1. The average molecular weight is 353 g/mol. The summed E-state index contributed by atoms with van der Waals surface area (Å²) in [7, 11) is 3.38. The van der Waals surface area contributed by atoms with Crippen LogP contribution < -0.4 is 10.6 Å². The van der Waals surface area contributed by atoms with E-state index in [2.05, 4.69) is 10.6 Å². The molecule has 2 aromatic carbocycles. The molecule has 6 nitrogen and oxygen atoms in total. The van der Waals surface area contributed by atoms with Crippen LogP contribution in [0.2, 0.25) is 0 Å². The molecule has 2 N–H and O–H groups in total. The summed E-state index contributed by atoms with van der Waals surface area (Å²) in [6.07, 6.45) is 0. The molecule has 0 aliphatic rings. The van der Waals surface area contributed by atoms with Gasteiger partial charge in [0.15, 0.2) is 0 Å². The minimum absolute atomic E-state index is 0.0939. The molecule has 3 amide bonds. The molecule has 0 saturated carbocycles. The lowest BCUT2D eigenvalue weighted by molar-refractivity contribution is -0.120. The van der Waals surface area contributed by atoms with Crippen LogP contribution in [-0.2, 0) is 11.3 Å². The van der Waals surface area contributed by atoms with E-state index in [1.54, 1.807) is 50.5 Å². The standard InChI is InChI=1S/C20H23N3O3/c1-14-6-4-8-16(10-14)19(25)22-13-18(24)21-12-15-7-5-9-17(11-15)20(26)23(2)3/h4-11H,12-13H2,1-3H3,(H,21,24)(H,22,25). The Morgan fingerprint density at radius 3 is 2.31 bits per heavy atom. The predicted octanol–water partition coefficient (Wildman–Crippen LogP) is 1.74. The van der Waals surface area contributed by atoms with Crippen molar-refractivity contribution in [2.75, 3.05) is 20.6 Å². The highest BCUT2D eigenvalue weighted by Crippen LogP contribution is 2.07. The van der Waals surface area contributed by atoms with Crippen LogP contribution in [-0.4, -0.2) is 43.3 Å². The van der Waals surface area contributed by atoms with E-state index in [0.717, 1.165) is 11.1 Å². The number of rotatable bonds is 6. The number of carbonyl (C=O) groups excluding carboxylic acids is 3. The molecular weight excluding hydrogens is 330 g/mol. The molecule has 0 fully saturated rings. The van der Waals surface area contributed by atoms with Gasteiger partial charge in [0.1, 0.15) is 0 Å². The fraction of sp³-hybridized carbons (Fsp3) is 0.250. The van der Waals surface area contributed by atoms with Crippen LogP contribution in [0.3, 0.4) is 0 Å². The quantitative estimate of drug-likeness (QED) is 0.830. The lowest BCUT2D eigenvalue weighted by atomic mass is 10.1. The van der Waals surface area contributed by atoms with Gasteiger partial charge in [-0.1, -0.05) is 29.8 Å². The Kier molecular flexibility index (Phi) is 6.49. The van der Waals surface area contributed by atoms with Gasteiger partial charge in [0.25, 0.3) is 11.8 Å². The van der Waals surface area contributed by atoms with Crippen molar-refractivity contribution in [2.45, 2.75) is 13.5 Å². The van der Waals surface area contributed by atoms with Crippen molar-refractivity contribution in [1.82, 2.24) is 15.5 Å². The van der Waals surface area contributed by atoms with Crippen molar-refractivity contribution >= 4 is 17.7 Å². The summed E-state index contributed by atoms with van der Waals surface area (Å²) >= 11 is 0. The minimum atomic E-state index is -0.296. The first-order chi connectivity index (χ1) is 12.4. The molecule has 0 heterocycles. The average Bonchev–Trinajstić information content (AvgIpc) is 2.63. The zero-order chi connectivity index (χ0) is 19.1. The van der Waals surface area contributed by atoms with E-state index in [4.69, 9.17) is 0 Å². The summed E-state index contributed by atoms with van der Waals surface area (Å²) < 4.78 is 0. The topological polar surface area (TPSA) is 78.5 Å². The number of carbonyl (C=O) groups is 3. The van der Waals surface area contributed by atoms with E-state index in [0.29, 0.717) is 11.1 Å². The van der Waals surface area contributed by atoms with Gasteiger partial charge in [-0.05, 0) is 36.8 Å². The Morgan fingerprint density at radius 1 is 0.923 bits per heavy atom. The van der Waals surface area contributed by atoms with Gasteiger partial charge < -0.3 is 15.5 Å². The Morgan fingerprint density at radius 2 is 1.62 bits per heavy atom. The van der Waals surface area contributed by atoms with Gasteiger partial charge in [-0.25, -0.2) is 0 Å². The number of aryl methyl sites for hydroxylation is 1. The third-order valence-corrected chi connectivity index (χ3v) is 3.76. The molecule has 0 bridgehead atoms. The molecule has 2 rings (SSSR count). The highest BCUT2D eigenvalue weighted by Gasteiger charge is 2.10. The SMILES string of the molecule is Cc1cccc(C(=O)NCC(=O)NCc2cccc(C(=O)N(C)C)c2)c1. The van der Waals surface area contributed by atoms with E-state index >= 15 is 0 Å². The van der Waals surface area contributed by atoms with Crippen molar-refractivity contribution in [1.29, 1.82) is 0 Å². The first-order valence-corrected chi connectivity index (χ1v) is 8.29. The number of amides is 3. The molecule has 0 spiro atoms. The lowest BCUT2D eigenvalue weighted by Gasteiger charge is -2.12. The van der Waals surface area contributed by atoms with Crippen LogP contribution in [0.5, 0.6) is 0 Å². The van der Waals surface area contributed by atoms with Gasteiger partial charge in [0, 0.05) is 31.8 Å². The summed E-state index contributed by atoms with van der Waals surface area (Å²) in [4.78, 5) is 37.4. The Labute approximate surface area is 153 Å². The number of hydrogen-bond acceptors (Lipinski definition) is 3. The van der Waals surface area contributed by atoms with Gasteiger partial charge in [-0.2, -0.15) is 0 Å². The second kappa shape index (κ2) is 8.80. The van der Waals surface area contributed by atoms with Crippen LogP contribution in [0, 0.1) is 6.92 Å². The molecule has 0 aromatic heterocycles. The van der Waals surface area contributed by atoms with Gasteiger partial charge in [0.05, 0.1) is 6.54 Å². The van der Waals surface area contributed by atoms with Crippen molar-refractivity contribution in [3.05, 3.63) is 70.8 Å². The summed E-state index contributed by atoms with van der Waals surface area (Å²) in [5.41, 5.74) is 2.88. The van der Waals surface area contributed by atoms with E-state index in [1.165, 1.54) is 4.90 Å². The largest absolute Gasteiger partial charge is 0.350 e. The Balaban J connectivity index is 1.84. The predicted molar refractivity (Wildman–Crippen MR) is 99.8 cm³/mol. The number of nitrogens with one attached hydrogen (secondary N) is 2. The molecular formula is C20H23N3O3. The zero-order valence-corrected chi connectivity index (χ0v) is 15.2. The van der Waals surface area contributed by atoms with E-state index in [1.807, 2.05) is 19.1 Å². The maximum Gasteiger partial charge on any atom is 0.253 e. The van der Waals surface area contributed by atoms with Gasteiger partial charge in [-0.15, -0.1) is 0 Å². The maximum absolute atomic E-state index is 12.0. The third kappa shape index (κ3) is 5.44. The van der Waals surface area contributed by atoms with E-state index in [-0.39, 0.29) is 30.8 Å².